The molecule has 1 aliphatic heterocycles. The summed E-state index contributed by atoms with van der Waals surface area (Å²) in [6.45, 7) is 3.35. The van der Waals surface area contributed by atoms with Gasteiger partial charge in [-0.15, -0.1) is 0 Å². The number of hydrogen-bond donors (Lipinski definition) is 2. The standard InChI is InChI=1S/C16H20N4O3/c1-12(10-20-8-4-7-18-20)19-16(21)17-9-13-11-22-14-5-2-3-6-15(14)23-13/h2-8,12-13H,9-11H2,1H3,(H2,17,19,21)/t12-,13-/m1/s1. The number of nitrogens with zero attached hydrogens (tertiary/aromatic N) is 2. The lowest BCUT2D eigenvalue weighted by Crippen LogP contribution is -2.47. The van der Waals surface area contributed by atoms with Crippen molar-refractivity contribution >= 4 is 6.03 Å². The first-order chi connectivity index (χ1) is 11.2. The average molecular weight is 316 g/mol. The van der Waals surface area contributed by atoms with Crippen molar-refractivity contribution in [3.63, 3.8) is 0 Å². The molecule has 23 heavy (non-hydrogen) atoms. The molecule has 2 atom stereocenters. The van der Waals surface area contributed by atoms with Crippen LogP contribution in [0.4, 0.5) is 4.79 Å². The third-order valence-electron chi connectivity index (χ3n) is 3.46. The number of hydrogen-bond acceptors (Lipinski definition) is 4. The van der Waals surface area contributed by atoms with Gasteiger partial charge in [-0.25, -0.2) is 4.79 Å². The topological polar surface area (TPSA) is 77.4 Å². The van der Waals surface area contributed by atoms with Crippen LogP contribution in [0.3, 0.4) is 0 Å². The predicted octanol–water partition coefficient (Wildman–Crippen LogP) is 1.41. The lowest BCUT2D eigenvalue weighted by atomic mass is 10.2. The average Bonchev–Trinajstić information content (AvgIpc) is 3.05. The van der Waals surface area contributed by atoms with Crippen LogP contribution in [0.1, 0.15) is 6.92 Å². The molecule has 0 aliphatic carbocycles. The van der Waals surface area contributed by atoms with Crippen molar-refractivity contribution in [1.82, 2.24) is 20.4 Å². The van der Waals surface area contributed by atoms with Crippen LogP contribution < -0.4 is 20.1 Å². The molecule has 0 saturated heterocycles. The quantitative estimate of drug-likeness (QED) is 0.874. The van der Waals surface area contributed by atoms with Crippen molar-refractivity contribution in [2.24, 2.45) is 0 Å². The molecule has 1 aromatic carbocycles. The van der Waals surface area contributed by atoms with Gasteiger partial charge in [0.15, 0.2) is 17.6 Å². The number of amides is 2. The maximum absolute atomic E-state index is 11.9. The molecule has 1 aromatic heterocycles. The molecule has 2 heterocycles. The van der Waals surface area contributed by atoms with Gasteiger partial charge in [-0.3, -0.25) is 4.68 Å². The molecule has 2 aromatic rings. The first kappa shape index (κ1) is 15.2. The van der Waals surface area contributed by atoms with Gasteiger partial charge in [0, 0.05) is 18.4 Å². The van der Waals surface area contributed by atoms with Crippen LogP contribution in [0, 0.1) is 0 Å². The third-order valence-corrected chi connectivity index (χ3v) is 3.46. The molecule has 0 spiro atoms. The highest BCUT2D eigenvalue weighted by molar-refractivity contribution is 5.74. The van der Waals surface area contributed by atoms with Gasteiger partial charge in [-0.1, -0.05) is 12.1 Å². The molecule has 1 aliphatic rings. The number of carbonyl (C=O) groups excluding carboxylic acids is 1. The first-order valence-corrected chi connectivity index (χ1v) is 7.61. The Morgan fingerprint density at radius 2 is 2.22 bits per heavy atom. The number of para-hydroxylation sites is 2. The van der Waals surface area contributed by atoms with Crippen LogP contribution in [0.25, 0.3) is 0 Å². The lowest BCUT2D eigenvalue weighted by molar-refractivity contribution is 0.0917. The molecular weight excluding hydrogens is 296 g/mol. The summed E-state index contributed by atoms with van der Waals surface area (Å²) >= 11 is 0. The van der Waals surface area contributed by atoms with Gasteiger partial charge in [0.25, 0.3) is 0 Å². The second-order valence-electron chi connectivity index (χ2n) is 5.48. The molecule has 7 nitrogen and oxygen atoms in total. The monoisotopic (exact) mass is 316 g/mol. The Morgan fingerprint density at radius 3 is 3.00 bits per heavy atom. The molecule has 0 radical (unpaired) electrons. The van der Waals surface area contributed by atoms with Gasteiger partial charge >= 0.3 is 6.03 Å². The lowest BCUT2D eigenvalue weighted by Gasteiger charge is -2.26. The van der Waals surface area contributed by atoms with Crippen molar-refractivity contribution < 1.29 is 14.3 Å². The zero-order chi connectivity index (χ0) is 16.1. The van der Waals surface area contributed by atoms with Crippen molar-refractivity contribution in [3.05, 3.63) is 42.7 Å². The number of urea groups is 1. The van der Waals surface area contributed by atoms with E-state index in [9.17, 15) is 4.79 Å². The summed E-state index contributed by atoms with van der Waals surface area (Å²) < 4.78 is 13.2. The van der Waals surface area contributed by atoms with E-state index in [0.717, 1.165) is 5.75 Å². The van der Waals surface area contributed by atoms with E-state index in [-0.39, 0.29) is 18.2 Å². The minimum atomic E-state index is -0.230. The third kappa shape index (κ3) is 4.15. The van der Waals surface area contributed by atoms with Crippen molar-refractivity contribution in [2.45, 2.75) is 25.6 Å². The van der Waals surface area contributed by atoms with Gasteiger partial charge < -0.3 is 20.1 Å². The Kier molecular flexibility index (Phi) is 4.65. The Balaban J connectivity index is 1.41. The number of benzene rings is 1. The zero-order valence-corrected chi connectivity index (χ0v) is 12.9. The molecule has 122 valence electrons. The smallest absolute Gasteiger partial charge is 0.315 e. The second kappa shape index (κ2) is 7.04. The van der Waals surface area contributed by atoms with Gasteiger partial charge in [0.05, 0.1) is 13.1 Å². The molecule has 0 unspecified atom stereocenters. The molecule has 0 saturated carbocycles. The van der Waals surface area contributed by atoms with Crippen LogP contribution in [0.5, 0.6) is 11.5 Å². The number of fused-ring (bicyclic) bond motifs is 1. The van der Waals surface area contributed by atoms with Crippen molar-refractivity contribution in [1.29, 1.82) is 0 Å². The van der Waals surface area contributed by atoms with E-state index in [2.05, 4.69) is 15.7 Å². The fraction of sp³-hybridized carbons (Fsp3) is 0.375. The summed E-state index contributed by atoms with van der Waals surface area (Å²) in [4.78, 5) is 11.9. The molecular formula is C16H20N4O3. The Bertz CT molecular complexity index is 645. The highest BCUT2D eigenvalue weighted by Crippen LogP contribution is 2.30. The Morgan fingerprint density at radius 1 is 1.39 bits per heavy atom. The first-order valence-electron chi connectivity index (χ1n) is 7.61. The normalized spacial score (nSPS) is 17.3. The van der Waals surface area contributed by atoms with Crippen molar-refractivity contribution in [3.8, 4) is 11.5 Å². The molecule has 3 rings (SSSR count). The summed E-state index contributed by atoms with van der Waals surface area (Å²) in [6, 6.07) is 9.10. The van der Waals surface area contributed by atoms with Gasteiger partial charge in [0.2, 0.25) is 0 Å². The summed E-state index contributed by atoms with van der Waals surface area (Å²) in [5, 5.41) is 9.79. The number of rotatable bonds is 5. The fourth-order valence-corrected chi connectivity index (χ4v) is 2.38. The van der Waals surface area contributed by atoms with Gasteiger partial charge in [-0.05, 0) is 25.1 Å². The Hall–Kier alpha value is -2.70. The molecule has 0 bridgehead atoms. The van der Waals surface area contributed by atoms with Crippen LogP contribution >= 0.6 is 0 Å². The van der Waals surface area contributed by atoms with E-state index in [1.165, 1.54) is 0 Å². The van der Waals surface area contributed by atoms with E-state index < -0.39 is 0 Å². The Labute approximate surface area is 134 Å². The van der Waals surface area contributed by atoms with Crippen LogP contribution in [0.2, 0.25) is 0 Å². The summed E-state index contributed by atoms with van der Waals surface area (Å²) in [7, 11) is 0. The van der Waals surface area contributed by atoms with Gasteiger partial charge in [-0.2, -0.15) is 5.10 Å². The van der Waals surface area contributed by atoms with Crippen LogP contribution in [-0.2, 0) is 6.54 Å². The maximum Gasteiger partial charge on any atom is 0.315 e. The highest BCUT2D eigenvalue weighted by Gasteiger charge is 2.21. The second-order valence-corrected chi connectivity index (χ2v) is 5.48. The van der Waals surface area contributed by atoms with Crippen LogP contribution in [-0.4, -0.2) is 41.1 Å². The van der Waals surface area contributed by atoms with E-state index in [1.807, 2.05) is 43.5 Å². The number of nitrogens with one attached hydrogen (secondary N) is 2. The van der Waals surface area contributed by atoms with E-state index in [4.69, 9.17) is 9.47 Å². The summed E-state index contributed by atoms with van der Waals surface area (Å²) in [6.07, 6.45) is 3.38. The maximum atomic E-state index is 11.9. The minimum absolute atomic E-state index is 0.0286. The van der Waals surface area contributed by atoms with E-state index in [0.29, 0.717) is 25.4 Å². The predicted molar refractivity (Wildman–Crippen MR) is 84.6 cm³/mol. The SMILES string of the molecule is C[C@H](Cn1cccn1)NC(=O)NC[C@@H]1COc2ccccc2O1. The fourth-order valence-electron chi connectivity index (χ4n) is 2.38. The molecule has 0 fully saturated rings. The molecule has 2 N–H and O–H groups in total. The molecule has 2 amide bonds. The zero-order valence-electron chi connectivity index (χ0n) is 12.9. The number of carbonyl (C=O) groups is 1. The highest BCUT2D eigenvalue weighted by atomic mass is 16.6. The van der Waals surface area contributed by atoms with Gasteiger partial charge in [0.1, 0.15) is 6.61 Å². The van der Waals surface area contributed by atoms with Crippen LogP contribution in [0.15, 0.2) is 42.7 Å². The van der Waals surface area contributed by atoms with Crippen molar-refractivity contribution in [2.75, 3.05) is 13.2 Å². The summed E-state index contributed by atoms with van der Waals surface area (Å²) in [5.74, 6) is 1.44. The van der Waals surface area contributed by atoms with E-state index >= 15 is 0 Å². The van der Waals surface area contributed by atoms with E-state index in [1.54, 1.807) is 10.9 Å². The molecule has 7 heteroatoms. The minimum Gasteiger partial charge on any atom is -0.486 e. The summed E-state index contributed by atoms with van der Waals surface area (Å²) in [5.41, 5.74) is 0. The number of ether oxygens (including phenoxy) is 2. The number of aromatic nitrogens is 2. The largest absolute Gasteiger partial charge is 0.486 e.